The zero-order valence-electron chi connectivity index (χ0n) is 16.5. The van der Waals surface area contributed by atoms with Crippen LogP contribution in [0.5, 0.6) is 0 Å². The van der Waals surface area contributed by atoms with Crippen LogP contribution in [0.15, 0.2) is 60.7 Å². The summed E-state index contributed by atoms with van der Waals surface area (Å²) in [5.74, 6) is -1.02. The Bertz CT molecular complexity index is 1000. The van der Waals surface area contributed by atoms with Gasteiger partial charge < -0.3 is 9.64 Å². The largest absolute Gasteiger partial charge is 0.444 e. The van der Waals surface area contributed by atoms with Crippen LogP contribution < -0.4 is 0 Å². The van der Waals surface area contributed by atoms with Gasteiger partial charge in [0.2, 0.25) is 6.10 Å². The van der Waals surface area contributed by atoms with Gasteiger partial charge in [-0.25, -0.2) is 9.48 Å². The maximum absolute atomic E-state index is 12.9. The van der Waals surface area contributed by atoms with Crippen LogP contribution in [0.4, 0.5) is 0 Å². The highest BCUT2D eigenvalue weighted by Gasteiger charge is 2.30. The predicted octanol–water partition coefficient (Wildman–Crippen LogP) is 3.88. The number of esters is 1. The third kappa shape index (κ3) is 4.66. The van der Waals surface area contributed by atoms with E-state index in [0.717, 1.165) is 5.56 Å². The van der Waals surface area contributed by atoms with Gasteiger partial charge in [-0.05, 0) is 12.5 Å². The predicted molar refractivity (Wildman–Crippen MR) is 111 cm³/mol. The maximum Gasteiger partial charge on any atom is 0.344 e. The molecule has 0 unspecified atom stereocenters. The van der Waals surface area contributed by atoms with Crippen molar-refractivity contribution in [3.8, 4) is 0 Å². The highest BCUT2D eigenvalue weighted by molar-refractivity contribution is 6.32. The van der Waals surface area contributed by atoms with Gasteiger partial charge in [-0.15, -0.1) is 0 Å². The summed E-state index contributed by atoms with van der Waals surface area (Å²) in [6.45, 7) is 2.11. The van der Waals surface area contributed by atoms with Gasteiger partial charge in [0.1, 0.15) is 10.7 Å². The lowest BCUT2D eigenvalue weighted by Crippen LogP contribution is -2.31. The van der Waals surface area contributed by atoms with E-state index in [0.29, 0.717) is 17.8 Å². The standard InChI is InChI=1S/C22H22ClN3O3/c1-15-18(20(23)26(24-15)14-16-10-6-4-7-11-16)22(28)29-19(21(27)25(2)3)17-12-8-5-9-13-17/h4-13,19H,14H2,1-3H3/t19-/m0/s1. The molecule has 2 aromatic carbocycles. The molecule has 0 spiro atoms. The molecule has 0 bridgehead atoms. The molecule has 1 aromatic heterocycles. The number of aromatic nitrogens is 2. The molecule has 0 saturated carbocycles. The minimum absolute atomic E-state index is 0.162. The van der Waals surface area contributed by atoms with Gasteiger partial charge in [0.05, 0.1) is 12.2 Å². The van der Waals surface area contributed by atoms with Crippen LogP contribution in [-0.4, -0.2) is 40.7 Å². The van der Waals surface area contributed by atoms with E-state index >= 15 is 0 Å². The molecule has 1 heterocycles. The molecule has 0 aliphatic carbocycles. The Kier molecular flexibility index (Phi) is 6.34. The zero-order valence-corrected chi connectivity index (χ0v) is 17.3. The molecule has 0 radical (unpaired) electrons. The molecule has 3 aromatic rings. The number of amides is 1. The van der Waals surface area contributed by atoms with Gasteiger partial charge in [-0.2, -0.15) is 5.10 Å². The number of nitrogens with zero attached hydrogens (tertiary/aromatic N) is 3. The number of ether oxygens (including phenoxy) is 1. The van der Waals surface area contributed by atoms with Crippen molar-refractivity contribution in [2.45, 2.75) is 19.6 Å². The first-order chi connectivity index (χ1) is 13.9. The zero-order chi connectivity index (χ0) is 21.0. The van der Waals surface area contributed by atoms with E-state index in [2.05, 4.69) is 5.10 Å². The smallest absolute Gasteiger partial charge is 0.344 e. The van der Waals surface area contributed by atoms with Crippen molar-refractivity contribution in [2.24, 2.45) is 0 Å². The highest BCUT2D eigenvalue weighted by Crippen LogP contribution is 2.26. The third-order valence-corrected chi connectivity index (χ3v) is 4.82. The Morgan fingerprint density at radius 1 is 1.07 bits per heavy atom. The minimum atomic E-state index is -1.06. The SMILES string of the molecule is Cc1nn(Cc2ccccc2)c(Cl)c1C(=O)O[C@H](C(=O)N(C)C)c1ccccc1. The molecule has 0 aliphatic heterocycles. The fraction of sp³-hybridized carbons (Fsp3) is 0.227. The molecule has 6 nitrogen and oxygen atoms in total. The van der Waals surface area contributed by atoms with E-state index in [1.54, 1.807) is 50.0 Å². The maximum atomic E-state index is 12.9. The summed E-state index contributed by atoms with van der Waals surface area (Å²) in [5.41, 5.74) is 2.20. The van der Waals surface area contributed by atoms with Crippen LogP contribution in [0.25, 0.3) is 0 Å². The van der Waals surface area contributed by atoms with Crippen LogP contribution in [0.1, 0.15) is 33.3 Å². The molecule has 1 amide bonds. The summed E-state index contributed by atoms with van der Waals surface area (Å²) in [6, 6.07) is 18.6. The molecule has 1 atom stereocenters. The summed E-state index contributed by atoms with van der Waals surface area (Å²) < 4.78 is 7.15. The Balaban J connectivity index is 1.88. The summed E-state index contributed by atoms with van der Waals surface area (Å²) in [7, 11) is 3.23. The molecule has 3 rings (SSSR count). The molecular formula is C22H22ClN3O3. The van der Waals surface area contributed by atoms with Crippen molar-refractivity contribution < 1.29 is 14.3 Å². The number of aryl methyl sites for hydroxylation is 1. The third-order valence-electron chi connectivity index (χ3n) is 4.44. The van der Waals surface area contributed by atoms with Crippen molar-refractivity contribution in [2.75, 3.05) is 14.1 Å². The summed E-state index contributed by atoms with van der Waals surface area (Å²) in [5, 5.41) is 4.56. The van der Waals surface area contributed by atoms with Crippen molar-refractivity contribution >= 4 is 23.5 Å². The lowest BCUT2D eigenvalue weighted by atomic mass is 10.1. The molecule has 29 heavy (non-hydrogen) atoms. The van der Waals surface area contributed by atoms with Gasteiger partial charge >= 0.3 is 5.97 Å². The fourth-order valence-corrected chi connectivity index (χ4v) is 3.25. The van der Waals surface area contributed by atoms with Crippen molar-refractivity contribution in [1.29, 1.82) is 0 Å². The Morgan fingerprint density at radius 3 is 2.24 bits per heavy atom. The quantitative estimate of drug-likeness (QED) is 0.577. The molecular weight excluding hydrogens is 390 g/mol. The lowest BCUT2D eigenvalue weighted by Gasteiger charge is -2.21. The van der Waals surface area contributed by atoms with Gasteiger partial charge in [0.15, 0.2) is 0 Å². The van der Waals surface area contributed by atoms with E-state index in [1.165, 1.54) is 4.90 Å². The van der Waals surface area contributed by atoms with Crippen LogP contribution in [0.2, 0.25) is 5.15 Å². The average molecular weight is 412 g/mol. The van der Waals surface area contributed by atoms with Crippen LogP contribution >= 0.6 is 11.6 Å². The summed E-state index contributed by atoms with van der Waals surface area (Å²) >= 11 is 6.45. The Morgan fingerprint density at radius 2 is 1.66 bits per heavy atom. The topological polar surface area (TPSA) is 64.4 Å². The van der Waals surface area contributed by atoms with Crippen molar-refractivity contribution in [3.63, 3.8) is 0 Å². The molecule has 0 fully saturated rings. The average Bonchev–Trinajstić information content (AvgIpc) is 3.00. The van der Waals surface area contributed by atoms with Crippen LogP contribution in [0.3, 0.4) is 0 Å². The summed E-state index contributed by atoms with van der Waals surface area (Å²) in [4.78, 5) is 26.9. The monoisotopic (exact) mass is 411 g/mol. The van der Waals surface area contributed by atoms with Gasteiger partial charge in [-0.1, -0.05) is 72.3 Å². The van der Waals surface area contributed by atoms with E-state index in [1.807, 2.05) is 36.4 Å². The summed E-state index contributed by atoms with van der Waals surface area (Å²) in [6.07, 6.45) is -1.06. The first kappa shape index (κ1) is 20.6. The number of carbonyl (C=O) groups excluding carboxylic acids is 2. The molecule has 0 aliphatic rings. The molecule has 0 saturated heterocycles. The van der Waals surface area contributed by atoms with Gasteiger partial charge in [0.25, 0.3) is 5.91 Å². The number of halogens is 1. The van der Waals surface area contributed by atoms with E-state index in [4.69, 9.17) is 16.3 Å². The number of likely N-dealkylation sites (N-methyl/N-ethyl adjacent to an activating group) is 1. The highest BCUT2D eigenvalue weighted by atomic mass is 35.5. The second-order valence-corrected chi connectivity index (χ2v) is 7.18. The number of hydrogen-bond donors (Lipinski definition) is 0. The van der Waals surface area contributed by atoms with E-state index in [9.17, 15) is 9.59 Å². The first-order valence-electron chi connectivity index (χ1n) is 9.12. The molecule has 150 valence electrons. The van der Waals surface area contributed by atoms with E-state index < -0.39 is 12.1 Å². The van der Waals surface area contributed by atoms with Crippen molar-refractivity contribution in [3.05, 3.63) is 88.2 Å². The first-order valence-corrected chi connectivity index (χ1v) is 9.50. The minimum Gasteiger partial charge on any atom is -0.444 e. The second-order valence-electron chi connectivity index (χ2n) is 6.82. The second kappa shape index (κ2) is 8.92. The Hall–Kier alpha value is -3.12. The van der Waals surface area contributed by atoms with Crippen molar-refractivity contribution in [1.82, 2.24) is 14.7 Å². The normalized spacial score (nSPS) is 11.7. The van der Waals surface area contributed by atoms with Crippen LogP contribution in [-0.2, 0) is 16.1 Å². The van der Waals surface area contributed by atoms with Crippen LogP contribution in [0, 0.1) is 6.92 Å². The van der Waals surface area contributed by atoms with E-state index in [-0.39, 0.29) is 16.6 Å². The Labute approximate surface area is 174 Å². The number of rotatable bonds is 6. The molecule has 0 N–H and O–H groups in total. The number of benzene rings is 2. The number of carbonyl (C=O) groups is 2. The number of hydrogen-bond acceptors (Lipinski definition) is 4. The van der Waals surface area contributed by atoms with Gasteiger partial charge in [-0.3, -0.25) is 4.79 Å². The fourth-order valence-electron chi connectivity index (χ4n) is 2.94. The lowest BCUT2D eigenvalue weighted by molar-refractivity contribution is -0.138. The van der Waals surface area contributed by atoms with Gasteiger partial charge in [0, 0.05) is 19.7 Å². The molecule has 7 heteroatoms.